The average Bonchev–Trinajstić information content (AvgIpc) is 2.54. The van der Waals surface area contributed by atoms with Crippen LogP contribution >= 0.6 is 11.6 Å². The van der Waals surface area contributed by atoms with Gasteiger partial charge in [-0.2, -0.15) is 0 Å². The topological polar surface area (TPSA) is 15.3 Å². The summed E-state index contributed by atoms with van der Waals surface area (Å²) >= 11 is 5.62. The van der Waals surface area contributed by atoms with Gasteiger partial charge in [-0.1, -0.05) is 17.7 Å². The summed E-state index contributed by atoms with van der Waals surface area (Å²) in [5, 5.41) is 3.24. The Balaban J connectivity index is 1.64. The third kappa shape index (κ3) is 3.22. The molecule has 1 N–H and O–H groups in total. The molecule has 0 unspecified atom stereocenters. The highest BCUT2D eigenvalue weighted by molar-refractivity contribution is 6.30. The molecule has 3 rings (SSSR count). The van der Waals surface area contributed by atoms with Gasteiger partial charge in [-0.25, -0.2) is 8.78 Å². The maximum atomic E-state index is 14.0. The molecule has 2 heterocycles. The Morgan fingerprint density at radius 3 is 2.33 bits per heavy atom. The standard InChI is InChI=1S/C16H21ClF2N2/c17-14-2-1-13(15(18)16(14)19)11-5-9-21(10-6-11)12-3-7-20-8-4-12/h1-2,11-12,20H,3-10H2. The first-order valence-corrected chi connectivity index (χ1v) is 8.13. The van der Waals surface area contributed by atoms with E-state index in [1.807, 2.05) is 0 Å². The predicted octanol–water partition coefficient (Wildman–Crippen LogP) is 3.55. The molecule has 0 amide bonds. The van der Waals surface area contributed by atoms with Crippen molar-refractivity contribution in [3.8, 4) is 0 Å². The van der Waals surface area contributed by atoms with E-state index in [9.17, 15) is 8.78 Å². The van der Waals surface area contributed by atoms with Crippen LogP contribution in [-0.2, 0) is 0 Å². The molecule has 1 aromatic carbocycles. The fourth-order valence-electron chi connectivity index (χ4n) is 3.60. The minimum atomic E-state index is -0.907. The molecule has 2 aliphatic rings. The van der Waals surface area contributed by atoms with Crippen LogP contribution in [0, 0.1) is 11.6 Å². The normalized spacial score (nSPS) is 22.6. The third-order valence-electron chi connectivity index (χ3n) is 4.86. The van der Waals surface area contributed by atoms with Crippen LogP contribution in [0.5, 0.6) is 0 Å². The largest absolute Gasteiger partial charge is 0.317 e. The van der Waals surface area contributed by atoms with Gasteiger partial charge in [-0.15, -0.1) is 0 Å². The van der Waals surface area contributed by atoms with Crippen molar-refractivity contribution in [2.75, 3.05) is 26.2 Å². The van der Waals surface area contributed by atoms with Crippen LogP contribution in [0.15, 0.2) is 12.1 Å². The van der Waals surface area contributed by atoms with Gasteiger partial charge in [0, 0.05) is 6.04 Å². The van der Waals surface area contributed by atoms with Crippen LogP contribution in [0.2, 0.25) is 5.02 Å². The molecule has 2 nitrogen and oxygen atoms in total. The molecule has 0 aromatic heterocycles. The van der Waals surface area contributed by atoms with Crippen LogP contribution in [0.4, 0.5) is 8.78 Å². The number of hydrogen-bond acceptors (Lipinski definition) is 2. The Bertz CT molecular complexity index is 495. The van der Waals surface area contributed by atoms with Gasteiger partial charge in [-0.3, -0.25) is 0 Å². The van der Waals surface area contributed by atoms with Crippen LogP contribution < -0.4 is 5.32 Å². The van der Waals surface area contributed by atoms with Crippen LogP contribution in [0.25, 0.3) is 0 Å². The maximum Gasteiger partial charge on any atom is 0.177 e. The number of hydrogen-bond donors (Lipinski definition) is 1. The minimum Gasteiger partial charge on any atom is -0.317 e. The van der Waals surface area contributed by atoms with E-state index in [1.165, 1.54) is 18.9 Å². The van der Waals surface area contributed by atoms with Crippen molar-refractivity contribution in [3.63, 3.8) is 0 Å². The zero-order valence-electron chi connectivity index (χ0n) is 12.0. The minimum absolute atomic E-state index is 0.106. The molecule has 2 fully saturated rings. The first-order valence-electron chi connectivity index (χ1n) is 7.75. The first kappa shape index (κ1) is 15.2. The quantitative estimate of drug-likeness (QED) is 0.840. The lowest BCUT2D eigenvalue weighted by Gasteiger charge is -2.39. The zero-order valence-corrected chi connectivity index (χ0v) is 12.8. The second-order valence-electron chi connectivity index (χ2n) is 6.06. The number of likely N-dealkylation sites (tertiary alicyclic amines) is 1. The van der Waals surface area contributed by atoms with Gasteiger partial charge in [0.2, 0.25) is 0 Å². The molecule has 2 saturated heterocycles. The molecule has 21 heavy (non-hydrogen) atoms. The summed E-state index contributed by atoms with van der Waals surface area (Å²) in [5.41, 5.74) is 0.488. The number of halogens is 3. The van der Waals surface area contributed by atoms with E-state index in [0.717, 1.165) is 39.0 Å². The van der Waals surface area contributed by atoms with E-state index < -0.39 is 11.6 Å². The van der Waals surface area contributed by atoms with Gasteiger partial charge in [0.25, 0.3) is 0 Å². The van der Waals surface area contributed by atoms with Gasteiger partial charge in [0.1, 0.15) is 0 Å². The summed E-state index contributed by atoms with van der Waals surface area (Å²) in [6, 6.07) is 3.76. The molecule has 0 bridgehead atoms. The summed E-state index contributed by atoms with van der Waals surface area (Å²) in [6.45, 7) is 4.11. The summed E-state index contributed by atoms with van der Waals surface area (Å²) < 4.78 is 27.6. The summed E-state index contributed by atoms with van der Waals surface area (Å²) in [5.74, 6) is -1.56. The summed E-state index contributed by atoms with van der Waals surface area (Å²) in [4.78, 5) is 2.52. The number of nitrogens with one attached hydrogen (secondary N) is 1. The van der Waals surface area contributed by atoms with E-state index in [0.29, 0.717) is 11.6 Å². The highest BCUT2D eigenvalue weighted by Gasteiger charge is 2.28. The molecule has 1 aromatic rings. The fourth-order valence-corrected chi connectivity index (χ4v) is 3.75. The fraction of sp³-hybridized carbons (Fsp3) is 0.625. The maximum absolute atomic E-state index is 14.0. The van der Waals surface area contributed by atoms with Gasteiger partial charge in [-0.05, 0) is 69.4 Å². The smallest absolute Gasteiger partial charge is 0.177 e. The number of benzene rings is 1. The number of nitrogens with zero attached hydrogens (tertiary/aromatic N) is 1. The van der Waals surface area contributed by atoms with Gasteiger partial charge < -0.3 is 10.2 Å². The Morgan fingerprint density at radius 2 is 1.67 bits per heavy atom. The second-order valence-corrected chi connectivity index (χ2v) is 6.46. The van der Waals surface area contributed by atoms with Gasteiger partial charge in [0.15, 0.2) is 11.6 Å². The van der Waals surface area contributed by atoms with Crippen LogP contribution in [0.1, 0.15) is 37.2 Å². The Labute approximate surface area is 129 Å². The average molecular weight is 315 g/mol. The molecule has 116 valence electrons. The first-order chi connectivity index (χ1) is 10.2. The van der Waals surface area contributed by atoms with Crippen molar-refractivity contribution in [3.05, 3.63) is 34.4 Å². The van der Waals surface area contributed by atoms with Crippen molar-refractivity contribution < 1.29 is 8.78 Å². The van der Waals surface area contributed by atoms with E-state index in [2.05, 4.69) is 10.2 Å². The van der Waals surface area contributed by atoms with E-state index in [4.69, 9.17) is 11.6 Å². The van der Waals surface area contributed by atoms with Gasteiger partial charge >= 0.3 is 0 Å². The molecule has 0 spiro atoms. The van der Waals surface area contributed by atoms with Crippen LogP contribution in [-0.4, -0.2) is 37.1 Å². The van der Waals surface area contributed by atoms with E-state index in [1.54, 1.807) is 6.07 Å². The number of rotatable bonds is 2. The Morgan fingerprint density at radius 1 is 1.00 bits per heavy atom. The zero-order chi connectivity index (χ0) is 14.8. The molecular weight excluding hydrogens is 294 g/mol. The third-order valence-corrected chi connectivity index (χ3v) is 5.15. The molecule has 0 saturated carbocycles. The van der Waals surface area contributed by atoms with Crippen LogP contribution in [0.3, 0.4) is 0 Å². The highest BCUT2D eigenvalue weighted by Crippen LogP contribution is 2.33. The van der Waals surface area contributed by atoms with E-state index >= 15 is 0 Å². The highest BCUT2D eigenvalue weighted by atomic mass is 35.5. The second kappa shape index (κ2) is 6.59. The summed E-state index contributed by atoms with van der Waals surface area (Å²) in [7, 11) is 0. The lowest BCUT2D eigenvalue weighted by molar-refractivity contribution is 0.126. The molecule has 0 aliphatic carbocycles. The lowest BCUT2D eigenvalue weighted by atomic mass is 9.87. The van der Waals surface area contributed by atoms with E-state index in [-0.39, 0.29) is 10.9 Å². The van der Waals surface area contributed by atoms with Gasteiger partial charge in [0.05, 0.1) is 5.02 Å². The molecule has 5 heteroatoms. The number of piperidine rings is 2. The van der Waals surface area contributed by atoms with Crippen molar-refractivity contribution in [1.29, 1.82) is 0 Å². The molecule has 0 radical (unpaired) electrons. The van der Waals surface area contributed by atoms with Crippen molar-refractivity contribution in [2.24, 2.45) is 0 Å². The Hall–Kier alpha value is -0.710. The SMILES string of the molecule is Fc1c(Cl)ccc(C2CCN(C3CCNCC3)CC2)c1F. The van der Waals surface area contributed by atoms with Crippen molar-refractivity contribution in [2.45, 2.75) is 37.6 Å². The predicted molar refractivity (Wildman–Crippen MR) is 80.8 cm³/mol. The monoisotopic (exact) mass is 314 g/mol. The summed E-state index contributed by atoms with van der Waals surface area (Å²) in [6.07, 6.45) is 4.16. The van der Waals surface area contributed by atoms with Crippen molar-refractivity contribution in [1.82, 2.24) is 10.2 Å². The molecule has 0 atom stereocenters. The Kier molecular flexibility index (Phi) is 4.77. The lowest BCUT2D eigenvalue weighted by Crippen LogP contribution is -2.46. The van der Waals surface area contributed by atoms with Crippen molar-refractivity contribution >= 4 is 11.6 Å². The molecule has 2 aliphatic heterocycles. The molecular formula is C16H21ClF2N2.